The summed E-state index contributed by atoms with van der Waals surface area (Å²) in [4.78, 5) is 24.4. The van der Waals surface area contributed by atoms with Crippen LogP contribution < -0.4 is 16.0 Å². The smallest absolute Gasteiger partial charge is 0.243 e. The van der Waals surface area contributed by atoms with Crippen molar-refractivity contribution in [3.05, 3.63) is 42.5 Å². The molecule has 2 aliphatic rings. The Kier molecular flexibility index (Phi) is 6.34. The maximum Gasteiger partial charge on any atom is 0.243 e. The normalized spacial score (nSPS) is 23.5. The summed E-state index contributed by atoms with van der Waals surface area (Å²) in [5.74, 6) is 0.222. The molecule has 0 aliphatic carbocycles. The monoisotopic (exact) mass is 387 g/mol. The van der Waals surface area contributed by atoms with Gasteiger partial charge < -0.3 is 16.0 Å². The van der Waals surface area contributed by atoms with E-state index in [-0.39, 0.29) is 30.8 Å². The molecule has 2 heterocycles. The second kappa shape index (κ2) is 8.72. The van der Waals surface area contributed by atoms with Crippen molar-refractivity contribution >= 4 is 40.7 Å². The van der Waals surface area contributed by atoms with Crippen LogP contribution in [0.3, 0.4) is 0 Å². The molecular formula is C21H26ClN3O2. The number of nitrogens with one attached hydrogen (secondary N) is 3. The Hall–Kier alpha value is -2.11. The number of piperidine rings is 1. The summed E-state index contributed by atoms with van der Waals surface area (Å²) in [5.41, 5.74) is 0.775. The van der Waals surface area contributed by atoms with Crippen molar-refractivity contribution in [2.75, 3.05) is 11.9 Å². The zero-order chi connectivity index (χ0) is 17.9. The molecule has 4 rings (SSSR count). The summed E-state index contributed by atoms with van der Waals surface area (Å²) in [6.45, 7) is 0.0138. The molecule has 0 radical (unpaired) electrons. The van der Waals surface area contributed by atoms with Gasteiger partial charge in [0.25, 0.3) is 0 Å². The second-order valence-electron chi connectivity index (χ2n) is 7.53. The molecule has 2 unspecified atom stereocenters. The van der Waals surface area contributed by atoms with Crippen molar-refractivity contribution in [1.29, 1.82) is 0 Å². The van der Waals surface area contributed by atoms with Gasteiger partial charge in [-0.25, -0.2) is 0 Å². The summed E-state index contributed by atoms with van der Waals surface area (Å²) in [7, 11) is 0. The van der Waals surface area contributed by atoms with Gasteiger partial charge in [-0.1, -0.05) is 36.4 Å². The second-order valence-corrected chi connectivity index (χ2v) is 7.53. The molecule has 0 aromatic heterocycles. The van der Waals surface area contributed by atoms with Crippen LogP contribution in [0.5, 0.6) is 0 Å². The first-order chi connectivity index (χ1) is 12.7. The molecule has 0 saturated carbocycles. The van der Waals surface area contributed by atoms with Crippen molar-refractivity contribution in [3.8, 4) is 0 Å². The number of amides is 2. The van der Waals surface area contributed by atoms with Crippen molar-refractivity contribution in [2.24, 2.45) is 5.92 Å². The molecule has 144 valence electrons. The fourth-order valence-corrected chi connectivity index (χ4v) is 4.38. The molecule has 2 fully saturated rings. The SMILES string of the molecule is Cl.O=C(CC1CC2CCC(C1)N2)NCC(=O)Nc1cccc2ccccc12. The van der Waals surface area contributed by atoms with E-state index in [1.807, 2.05) is 42.5 Å². The maximum absolute atomic E-state index is 12.2. The number of carbonyl (C=O) groups is 2. The summed E-state index contributed by atoms with van der Waals surface area (Å²) >= 11 is 0. The van der Waals surface area contributed by atoms with Crippen LogP contribution in [0.15, 0.2) is 42.5 Å². The lowest BCUT2D eigenvalue weighted by Gasteiger charge is -2.28. The minimum absolute atomic E-state index is 0. The Bertz CT molecular complexity index is 809. The minimum Gasteiger partial charge on any atom is -0.347 e. The van der Waals surface area contributed by atoms with E-state index in [2.05, 4.69) is 16.0 Å². The molecule has 27 heavy (non-hydrogen) atoms. The molecule has 3 N–H and O–H groups in total. The summed E-state index contributed by atoms with van der Waals surface area (Å²) in [5, 5.41) is 11.3. The van der Waals surface area contributed by atoms with Crippen molar-refractivity contribution < 1.29 is 9.59 Å². The average molecular weight is 388 g/mol. The van der Waals surface area contributed by atoms with E-state index in [1.165, 1.54) is 12.8 Å². The van der Waals surface area contributed by atoms with E-state index >= 15 is 0 Å². The van der Waals surface area contributed by atoms with Crippen LogP contribution >= 0.6 is 12.4 Å². The maximum atomic E-state index is 12.2. The standard InChI is InChI=1S/C21H25N3O2.ClH/c25-20(12-14-10-16-8-9-17(11-14)23-16)22-13-21(26)24-19-7-3-5-15-4-1-2-6-18(15)19;/h1-7,14,16-17,23H,8-13H2,(H,22,25)(H,24,26);1H. The van der Waals surface area contributed by atoms with Crippen LogP contribution in [0.1, 0.15) is 32.1 Å². The molecule has 2 saturated heterocycles. The lowest BCUT2D eigenvalue weighted by atomic mass is 9.89. The van der Waals surface area contributed by atoms with Gasteiger partial charge in [-0.15, -0.1) is 12.4 Å². The first-order valence-electron chi connectivity index (χ1n) is 9.48. The molecule has 2 aliphatic heterocycles. The Morgan fingerprint density at radius 3 is 2.44 bits per heavy atom. The van der Waals surface area contributed by atoms with Crippen LogP contribution in [-0.4, -0.2) is 30.4 Å². The van der Waals surface area contributed by atoms with E-state index in [4.69, 9.17) is 0 Å². The first kappa shape index (κ1) is 19.6. The van der Waals surface area contributed by atoms with E-state index < -0.39 is 0 Å². The Balaban J connectivity index is 0.00000210. The van der Waals surface area contributed by atoms with E-state index in [0.717, 1.165) is 29.3 Å². The molecule has 2 bridgehead atoms. The fraction of sp³-hybridized carbons (Fsp3) is 0.429. The predicted molar refractivity (Wildman–Crippen MR) is 110 cm³/mol. The van der Waals surface area contributed by atoms with Gasteiger partial charge in [0.05, 0.1) is 6.54 Å². The molecular weight excluding hydrogens is 362 g/mol. The summed E-state index contributed by atoms with van der Waals surface area (Å²) in [6.07, 6.45) is 5.14. The number of halogens is 1. The van der Waals surface area contributed by atoms with Crippen molar-refractivity contribution in [2.45, 2.75) is 44.2 Å². The van der Waals surface area contributed by atoms with Crippen LogP contribution in [0.25, 0.3) is 10.8 Å². The van der Waals surface area contributed by atoms with Gasteiger partial charge in [0.2, 0.25) is 11.8 Å². The van der Waals surface area contributed by atoms with Gasteiger partial charge in [-0.2, -0.15) is 0 Å². The number of hydrogen-bond acceptors (Lipinski definition) is 3. The highest BCUT2D eigenvalue weighted by Crippen LogP contribution is 2.32. The quantitative estimate of drug-likeness (QED) is 0.737. The largest absolute Gasteiger partial charge is 0.347 e. The van der Waals surface area contributed by atoms with E-state index in [1.54, 1.807) is 0 Å². The molecule has 2 aromatic carbocycles. The van der Waals surface area contributed by atoms with Gasteiger partial charge in [0.1, 0.15) is 0 Å². The number of rotatable bonds is 5. The first-order valence-corrected chi connectivity index (χ1v) is 9.48. The molecule has 5 nitrogen and oxygen atoms in total. The number of hydrogen-bond donors (Lipinski definition) is 3. The molecule has 2 amide bonds. The van der Waals surface area contributed by atoms with Gasteiger partial charge in [-0.05, 0) is 43.1 Å². The number of benzene rings is 2. The van der Waals surface area contributed by atoms with E-state index in [9.17, 15) is 9.59 Å². The summed E-state index contributed by atoms with van der Waals surface area (Å²) in [6, 6.07) is 14.9. The fourth-order valence-electron chi connectivity index (χ4n) is 4.38. The third-order valence-electron chi connectivity index (χ3n) is 5.55. The summed E-state index contributed by atoms with van der Waals surface area (Å²) < 4.78 is 0. The zero-order valence-electron chi connectivity index (χ0n) is 15.2. The Labute approximate surface area is 165 Å². The predicted octanol–water partition coefficient (Wildman–Crippen LogP) is 3.24. The van der Waals surface area contributed by atoms with Crippen LogP contribution in [0.4, 0.5) is 5.69 Å². The number of anilines is 1. The Morgan fingerprint density at radius 2 is 1.67 bits per heavy atom. The zero-order valence-corrected chi connectivity index (χ0v) is 16.1. The molecule has 6 heteroatoms. The highest BCUT2D eigenvalue weighted by Gasteiger charge is 2.34. The molecule has 2 aromatic rings. The number of fused-ring (bicyclic) bond motifs is 3. The van der Waals surface area contributed by atoms with Crippen molar-refractivity contribution in [3.63, 3.8) is 0 Å². The average Bonchev–Trinajstić information content (AvgIpc) is 2.99. The van der Waals surface area contributed by atoms with Gasteiger partial charge in [0, 0.05) is 29.6 Å². The topological polar surface area (TPSA) is 70.2 Å². The third kappa shape index (κ3) is 4.79. The van der Waals surface area contributed by atoms with Gasteiger partial charge in [-0.3, -0.25) is 9.59 Å². The highest BCUT2D eigenvalue weighted by atomic mass is 35.5. The molecule has 0 spiro atoms. The van der Waals surface area contributed by atoms with Gasteiger partial charge in [0.15, 0.2) is 0 Å². The molecule has 2 atom stereocenters. The lowest BCUT2D eigenvalue weighted by Crippen LogP contribution is -2.40. The highest BCUT2D eigenvalue weighted by molar-refractivity contribution is 6.03. The van der Waals surface area contributed by atoms with Crippen LogP contribution in [-0.2, 0) is 9.59 Å². The third-order valence-corrected chi connectivity index (χ3v) is 5.55. The van der Waals surface area contributed by atoms with Gasteiger partial charge >= 0.3 is 0 Å². The lowest BCUT2D eigenvalue weighted by molar-refractivity contribution is -0.125. The van der Waals surface area contributed by atoms with E-state index in [0.29, 0.717) is 24.4 Å². The van der Waals surface area contributed by atoms with Crippen LogP contribution in [0, 0.1) is 5.92 Å². The number of carbonyl (C=O) groups excluding carboxylic acids is 2. The van der Waals surface area contributed by atoms with Crippen molar-refractivity contribution in [1.82, 2.24) is 10.6 Å². The minimum atomic E-state index is -0.194. The Morgan fingerprint density at radius 1 is 0.963 bits per heavy atom. The van der Waals surface area contributed by atoms with Crippen LogP contribution in [0.2, 0.25) is 0 Å².